The third-order valence-corrected chi connectivity index (χ3v) is 4.70. The van der Waals surface area contributed by atoms with Crippen molar-refractivity contribution in [2.75, 3.05) is 6.54 Å². The van der Waals surface area contributed by atoms with E-state index in [2.05, 4.69) is 17.1 Å². The van der Waals surface area contributed by atoms with Crippen molar-refractivity contribution in [2.24, 2.45) is 0 Å². The van der Waals surface area contributed by atoms with Gasteiger partial charge in [-0.05, 0) is 37.5 Å². The fourth-order valence-corrected chi connectivity index (χ4v) is 3.43. The maximum atomic E-state index is 12.9. The van der Waals surface area contributed by atoms with Crippen molar-refractivity contribution in [3.8, 4) is 11.7 Å². The van der Waals surface area contributed by atoms with E-state index in [4.69, 9.17) is 8.83 Å². The second kappa shape index (κ2) is 6.59. The Labute approximate surface area is 146 Å². The van der Waals surface area contributed by atoms with Crippen molar-refractivity contribution in [3.63, 3.8) is 0 Å². The fourth-order valence-electron chi connectivity index (χ4n) is 3.43. The van der Waals surface area contributed by atoms with Gasteiger partial charge in [-0.1, -0.05) is 30.3 Å². The van der Waals surface area contributed by atoms with Gasteiger partial charge in [-0.25, -0.2) is 4.98 Å². The Bertz CT molecular complexity index is 852. The molecule has 1 saturated heterocycles. The number of aromatic nitrogens is 1. The minimum Gasteiger partial charge on any atom is -0.459 e. The van der Waals surface area contributed by atoms with Gasteiger partial charge in [0.05, 0.1) is 24.4 Å². The molecule has 1 fully saturated rings. The Morgan fingerprint density at radius 3 is 2.84 bits per heavy atom. The quantitative estimate of drug-likeness (QED) is 0.718. The van der Waals surface area contributed by atoms with Crippen molar-refractivity contribution >= 4 is 5.91 Å². The van der Waals surface area contributed by atoms with E-state index in [1.807, 2.05) is 30.0 Å². The number of hydrogen-bond donors (Lipinski definition) is 0. The van der Waals surface area contributed by atoms with E-state index < -0.39 is 0 Å². The van der Waals surface area contributed by atoms with Crippen LogP contribution in [0.15, 0.2) is 57.6 Å². The predicted molar refractivity (Wildman–Crippen MR) is 92.8 cm³/mol. The Balaban J connectivity index is 1.52. The van der Waals surface area contributed by atoms with E-state index in [9.17, 15) is 4.79 Å². The van der Waals surface area contributed by atoms with E-state index in [0.717, 1.165) is 19.4 Å². The predicted octanol–water partition coefficient (Wildman–Crippen LogP) is 4.15. The summed E-state index contributed by atoms with van der Waals surface area (Å²) in [6.07, 6.45) is 3.86. The smallest absolute Gasteiger partial charge is 0.263 e. The van der Waals surface area contributed by atoms with Gasteiger partial charge in [0.2, 0.25) is 5.91 Å². The number of oxazole rings is 1. The summed E-state index contributed by atoms with van der Waals surface area (Å²) in [4.78, 5) is 19.3. The van der Waals surface area contributed by atoms with Gasteiger partial charge in [0, 0.05) is 6.54 Å². The summed E-state index contributed by atoms with van der Waals surface area (Å²) in [6, 6.07) is 14.0. The highest BCUT2D eigenvalue weighted by atomic mass is 16.4. The third-order valence-electron chi connectivity index (χ3n) is 4.70. The number of furan rings is 1. The second-order valence-electron chi connectivity index (χ2n) is 6.33. The zero-order valence-corrected chi connectivity index (χ0v) is 14.1. The molecule has 1 atom stereocenters. The number of aryl methyl sites for hydroxylation is 1. The third kappa shape index (κ3) is 3.09. The largest absolute Gasteiger partial charge is 0.459 e. The number of rotatable bonds is 4. The molecule has 25 heavy (non-hydrogen) atoms. The Kier molecular flexibility index (Phi) is 4.14. The van der Waals surface area contributed by atoms with E-state index >= 15 is 0 Å². The van der Waals surface area contributed by atoms with Crippen molar-refractivity contribution in [1.82, 2.24) is 9.88 Å². The first kappa shape index (κ1) is 15.7. The highest BCUT2D eigenvalue weighted by Gasteiger charge is 2.30. The average Bonchev–Trinajstić information content (AvgIpc) is 3.37. The molecule has 1 aliphatic rings. The van der Waals surface area contributed by atoms with Crippen molar-refractivity contribution in [2.45, 2.75) is 32.2 Å². The van der Waals surface area contributed by atoms with Crippen molar-refractivity contribution < 1.29 is 13.6 Å². The SMILES string of the molecule is Cc1oc(-c2ccco2)nc1CC(=O)N1CCCC1c1ccccc1. The number of carbonyl (C=O) groups excluding carboxylic acids is 1. The molecule has 1 aliphatic heterocycles. The Morgan fingerprint density at radius 1 is 1.24 bits per heavy atom. The first-order valence-corrected chi connectivity index (χ1v) is 8.57. The fraction of sp³-hybridized carbons (Fsp3) is 0.300. The lowest BCUT2D eigenvalue weighted by Gasteiger charge is -2.25. The highest BCUT2D eigenvalue weighted by Crippen LogP contribution is 2.32. The van der Waals surface area contributed by atoms with E-state index in [1.165, 1.54) is 5.56 Å². The first-order chi connectivity index (χ1) is 12.2. The van der Waals surface area contributed by atoms with Crippen LogP contribution >= 0.6 is 0 Å². The van der Waals surface area contributed by atoms with Crippen molar-refractivity contribution in [1.29, 1.82) is 0 Å². The summed E-state index contributed by atoms with van der Waals surface area (Å²) >= 11 is 0. The molecular weight excluding hydrogens is 316 g/mol. The van der Waals surface area contributed by atoms with Crippen LogP contribution in [0.2, 0.25) is 0 Å². The molecule has 3 aromatic rings. The number of likely N-dealkylation sites (tertiary alicyclic amines) is 1. The van der Waals surface area contributed by atoms with Gasteiger partial charge in [0.1, 0.15) is 5.76 Å². The lowest BCUT2D eigenvalue weighted by Crippen LogP contribution is -2.32. The maximum Gasteiger partial charge on any atom is 0.263 e. The van der Waals surface area contributed by atoms with E-state index in [-0.39, 0.29) is 18.4 Å². The van der Waals surface area contributed by atoms with E-state index in [0.29, 0.717) is 23.1 Å². The monoisotopic (exact) mass is 336 g/mol. The molecule has 128 valence electrons. The standard InChI is InChI=1S/C20H20N2O3/c1-14-16(21-20(25-14)18-10-6-12-24-18)13-19(23)22-11-5-9-17(22)15-7-3-2-4-8-15/h2-4,6-8,10,12,17H,5,9,11,13H2,1H3. The van der Waals surface area contributed by atoms with Gasteiger partial charge in [-0.2, -0.15) is 0 Å². The first-order valence-electron chi connectivity index (χ1n) is 8.57. The molecule has 0 bridgehead atoms. The van der Waals surface area contributed by atoms with Crippen LogP contribution in [0.4, 0.5) is 0 Å². The topological polar surface area (TPSA) is 59.5 Å². The van der Waals surface area contributed by atoms with Crippen LogP contribution in [-0.4, -0.2) is 22.3 Å². The van der Waals surface area contributed by atoms with Crippen LogP contribution in [0.3, 0.4) is 0 Å². The Morgan fingerprint density at radius 2 is 2.08 bits per heavy atom. The van der Waals surface area contributed by atoms with Gasteiger partial charge in [-0.3, -0.25) is 4.79 Å². The summed E-state index contributed by atoms with van der Waals surface area (Å²) < 4.78 is 11.0. The number of benzene rings is 1. The average molecular weight is 336 g/mol. The summed E-state index contributed by atoms with van der Waals surface area (Å²) in [7, 11) is 0. The molecule has 0 N–H and O–H groups in total. The lowest BCUT2D eigenvalue weighted by atomic mass is 10.0. The van der Waals surface area contributed by atoms with Crippen LogP contribution < -0.4 is 0 Å². The molecule has 1 unspecified atom stereocenters. The summed E-state index contributed by atoms with van der Waals surface area (Å²) in [5, 5.41) is 0. The van der Waals surface area contributed by atoms with Crippen LogP contribution in [0, 0.1) is 6.92 Å². The molecule has 3 heterocycles. The maximum absolute atomic E-state index is 12.9. The molecule has 0 radical (unpaired) electrons. The molecule has 0 saturated carbocycles. The molecule has 1 aromatic carbocycles. The summed E-state index contributed by atoms with van der Waals surface area (Å²) in [6.45, 7) is 2.63. The molecule has 0 spiro atoms. The summed E-state index contributed by atoms with van der Waals surface area (Å²) in [5.74, 6) is 1.75. The molecule has 4 rings (SSSR count). The molecule has 1 amide bonds. The Hall–Kier alpha value is -2.82. The second-order valence-corrected chi connectivity index (χ2v) is 6.33. The van der Waals surface area contributed by atoms with Crippen LogP contribution in [-0.2, 0) is 11.2 Å². The van der Waals surface area contributed by atoms with Crippen LogP contribution in [0.1, 0.15) is 35.9 Å². The van der Waals surface area contributed by atoms with Gasteiger partial charge >= 0.3 is 0 Å². The summed E-state index contributed by atoms with van der Waals surface area (Å²) in [5.41, 5.74) is 1.87. The number of amides is 1. The van der Waals surface area contributed by atoms with Crippen LogP contribution in [0.5, 0.6) is 0 Å². The van der Waals surface area contributed by atoms with Crippen LogP contribution in [0.25, 0.3) is 11.7 Å². The highest BCUT2D eigenvalue weighted by molar-refractivity contribution is 5.79. The minimum absolute atomic E-state index is 0.0914. The zero-order chi connectivity index (χ0) is 17.2. The minimum atomic E-state index is 0.0914. The van der Waals surface area contributed by atoms with E-state index in [1.54, 1.807) is 18.4 Å². The van der Waals surface area contributed by atoms with Gasteiger partial charge in [0.25, 0.3) is 5.89 Å². The molecule has 2 aromatic heterocycles. The molecule has 5 heteroatoms. The molecule has 5 nitrogen and oxygen atoms in total. The van der Waals surface area contributed by atoms with Gasteiger partial charge in [-0.15, -0.1) is 0 Å². The zero-order valence-electron chi connectivity index (χ0n) is 14.1. The number of hydrogen-bond acceptors (Lipinski definition) is 4. The number of carbonyl (C=O) groups is 1. The molecule has 0 aliphatic carbocycles. The normalized spacial score (nSPS) is 17.2. The molecular formula is C20H20N2O3. The number of nitrogens with zero attached hydrogens (tertiary/aromatic N) is 2. The lowest BCUT2D eigenvalue weighted by molar-refractivity contribution is -0.131. The van der Waals surface area contributed by atoms with Crippen molar-refractivity contribution in [3.05, 3.63) is 65.7 Å². The van der Waals surface area contributed by atoms with Gasteiger partial charge < -0.3 is 13.7 Å². The van der Waals surface area contributed by atoms with Gasteiger partial charge in [0.15, 0.2) is 5.76 Å².